The van der Waals surface area contributed by atoms with Gasteiger partial charge in [0.1, 0.15) is 0 Å². The van der Waals surface area contributed by atoms with Crippen LogP contribution in [0.3, 0.4) is 0 Å². The molecule has 5 heteroatoms. The Bertz CT molecular complexity index is 37.9. The summed E-state index contributed by atoms with van der Waals surface area (Å²) in [4.78, 5) is 8.56. The molecule has 0 bridgehead atoms. The Balaban J connectivity index is -0.0000000150. The summed E-state index contributed by atoms with van der Waals surface area (Å²) in [5.41, 5.74) is 0. The molecule has 0 saturated carbocycles. The minimum absolute atomic E-state index is 0. The maximum Gasteiger partial charge on any atom is 1.00 e. The van der Waals surface area contributed by atoms with E-state index in [1.165, 1.54) is 0 Å². The predicted molar refractivity (Wildman–Crippen MR) is 19.0 cm³/mol. The van der Waals surface area contributed by atoms with E-state index >= 15 is 0 Å². The zero-order valence-corrected chi connectivity index (χ0v) is 4.03. The molecule has 0 rings (SSSR count). The monoisotopic (exact) mass is 106 g/mol. The van der Waals surface area contributed by atoms with Crippen molar-refractivity contribution in [3.05, 3.63) is 0 Å². The van der Waals surface area contributed by atoms with Gasteiger partial charge in [0.25, 0.3) is 0 Å². The van der Waals surface area contributed by atoms with Gasteiger partial charge in [0.15, 0.2) is 0 Å². The standard InChI is InChI=1S/CH2O3.ClH.Li.H/c2-1(3)4;;;/h(H2,2,3,4);1H;;/q;;+1;-1. The molecule has 0 heterocycles. The first-order chi connectivity index (χ1) is 1.73. The summed E-state index contributed by atoms with van der Waals surface area (Å²) in [6.45, 7) is 0. The third-order valence-corrected chi connectivity index (χ3v) is 0. The van der Waals surface area contributed by atoms with Crippen LogP contribution in [0.15, 0.2) is 0 Å². The molecule has 0 aromatic rings. The van der Waals surface area contributed by atoms with Crippen molar-refractivity contribution in [3.8, 4) is 0 Å². The maximum atomic E-state index is 8.56. The van der Waals surface area contributed by atoms with Gasteiger partial charge in [0.2, 0.25) is 0 Å². The van der Waals surface area contributed by atoms with Gasteiger partial charge in [0, 0.05) is 0 Å². The quantitative estimate of drug-likeness (QED) is 0.343. The van der Waals surface area contributed by atoms with E-state index in [0.29, 0.717) is 0 Å². The molecule has 2 N–H and O–H groups in total. The molecule has 0 saturated heterocycles. The largest absolute Gasteiger partial charge is 1.00 e. The summed E-state index contributed by atoms with van der Waals surface area (Å²) >= 11 is 0. The van der Waals surface area contributed by atoms with E-state index in [1.807, 2.05) is 0 Å². The van der Waals surface area contributed by atoms with Gasteiger partial charge in [-0.25, -0.2) is 4.79 Å². The van der Waals surface area contributed by atoms with Crippen molar-refractivity contribution < 1.29 is 35.3 Å². The maximum absolute atomic E-state index is 8.56. The number of halogens is 1. The third kappa shape index (κ3) is 1670. The number of hydrogen-bond acceptors (Lipinski definition) is 1. The summed E-state index contributed by atoms with van der Waals surface area (Å²) < 4.78 is 0. The van der Waals surface area contributed by atoms with Crippen LogP contribution in [-0.2, 0) is 0 Å². The molecule has 0 atom stereocenters. The van der Waals surface area contributed by atoms with E-state index in [4.69, 9.17) is 15.0 Å². The topological polar surface area (TPSA) is 57.5 Å². The molecule has 6 heavy (non-hydrogen) atoms. The van der Waals surface area contributed by atoms with E-state index in [0.717, 1.165) is 0 Å². The smallest absolute Gasteiger partial charge is 1.00 e. The number of carboxylic acid groups (broad SMARTS) is 2. The first-order valence-electron chi connectivity index (χ1n) is 0.651. The average Bonchev–Trinajstić information content (AvgIpc) is 0.811. The second-order valence-electron chi connectivity index (χ2n) is 0.283. The first-order valence-corrected chi connectivity index (χ1v) is 0.651. The van der Waals surface area contributed by atoms with Gasteiger partial charge in [-0.2, -0.15) is 0 Å². The molecule has 0 fully saturated rings. The van der Waals surface area contributed by atoms with Gasteiger partial charge in [-0.1, -0.05) is 0 Å². The van der Waals surface area contributed by atoms with E-state index < -0.39 is 6.16 Å². The van der Waals surface area contributed by atoms with Crippen molar-refractivity contribution in [3.63, 3.8) is 0 Å². The van der Waals surface area contributed by atoms with Crippen LogP contribution in [0.5, 0.6) is 0 Å². The molecule has 34 valence electrons. The molecule has 0 amide bonds. The summed E-state index contributed by atoms with van der Waals surface area (Å²) in [6, 6.07) is 0. The molecule has 0 aliphatic heterocycles. The molecule has 0 radical (unpaired) electrons. The van der Waals surface area contributed by atoms with E-state index in [-0.39, 0.29) is 32.7 Å². The Morgan fingerprint density at radius 1 is 1.50 bits per heavy atom. The van der Waals surface area contributed by atoms with Crippen LogP contribution < -0.4 is 18.9 Å². The first kappa shape index (κ1) is 16.4. The van der Waals surface area contributed by atoms with Crippen molar-refractivity contribution in [2.24, 2.45) is 0 Å². The van der Waals surface area contributed by atoms with Crippen LogP contribution in [0.4, 0.5) is 4.79 Å². The van der Waals surface area contributed by atoms with Crippen LogP contribution in [-0.4, -0.2) is 16.4 Å². The molecule has 0 aliphatic carbocycles. The van der Waals surface area contributed by atoms with Gasteiger partial charge in [-0.05, 0) is 0 Å². The third-order valence-electron chi connectivity index (χ3n) is 0. The summed E-state index contributed by atoms with van der Waals surface area (Å²) in [7, 11) is 0. The summed E-state index contributed by atoms with van der Waals surface area (Å²) in [5, 5.41) is 13.9. The Kier molecular flexibility index (Phi) is 24.5. The van der Waals surface area contributed by atoms with Crippen LogP contribution in [0.25, 0.3) is 0 Å². The van der Waals surface area contributed by atoms with Crippen molar-refractivity contribution in [1.82, 2.24) is 0 Å². The minimum atomic E-state index is -1.83. The van der Waals surface area contributed by atoms with E-state index in [2.05, 4.69) is 0 Å². The van der Waals surface area contributed by atoms with Crippen molar-refractivity contribution >= 4 is 18.6 Å². The Morgan fingerprint density at radius 2 is 1.50 bits per heavy atom. The number of carbonyl (C=O) groups is 1. The fourth-order valence-electron chi connectivity index (χ4n) is 0. The van der Waals surface area contributed by atoms with Gasteiger partial charge in [0.05, 0.1) is 0 Å². The second-order valence-corrected chi connectivity index (χ2v) is 0.283. The summed E-state index contributed by atoms with van der Waals surface area (Å²) in [5.74, 6) is 0. The predicted octanol–water partition coefficient (Wildman–Crippen LogP) is -2.24. The van der Waals surface area contributed by atoms with Crippen molar-refractivity contribution in [2.75, 3.05) is 0 Å². The van der Waals surface area contributed by atoms with E-state index in [9.17, 15) is 0 Å². The molecular weight excluding hydrogens is 102 g/mol. The molecule has 0 aromatic carbocycles. The molecule has 0 aliphatic rings. The fourth-order valence-corrected chi connectivity index (χ4v) is 0. The fraction of sp³-hybridized carbons (Fsp3) is 0. The van der Waals surface area contributed by atoms with Crippen LogP contribution >= 0.6 is 12.4 Å². The number of rotatable bonds is 0. The molecule has 0 unspecified atom stereocenters. The summed E-state index contributed by atoms with van der Waals surface area (Å²) in [6.07, 6.45) is -1.83. The van der Waals surface area contributed by atoms with Crippen molar-refractivity contribution in [1.29, 1.82) is 0 Å². The normalized spacial score (nSPS) is 4.00. The molecule has 3 nitrogen and oxygen atoms in total. The molecular formula is CH4ClLiO3. The van der Waals surface area contributed by atoms with Crippen LogP contribution in [0.1, 0.15) is 1.43 Å². The van der Waals surface area contributed by atoms with Gasteiger partial charge in [-0.15, -0.1) is 12.4 Å². The van der Waals surface area contributed by atoms with E-state index in [1.54, 1.807) is 0 Å². The average molecular weight is 106 g/mol. The molecule has 0 spiro atoms. The Morgan fingerprint density at radius 3 is 1.50 bits per heavy atom. The zero-order valence-electron chi connectivity index (χ0n) is 4.21. The van der Waals surface area contributed by atoms with Crippen LogP contribution in [0.2, 0.25) is 0 Å². The SMILES string of the molecule is Cl.O=C(O)O.[H-].[Li+]. The van der Waals surface area contributed by atoms with Crippen molar-refractivity contribution in [2.45, 2.75) is 0 Å². The Labute approximate surface area is 54.4 Å². The van der Waals surface area contributed by atoms with Gasteiger partial charge in [-0.3, -0.25) is 0 Å². The van der Waals surface area contributed by atoms with Gasteiger partial charge < -0.3 is 11.6 Å². The minimum Gasteiger partial charge on any atom is -1.00 e. The van der Waals surface area contributed by atoms with Gasteiger partial charge >= 0.3 is 25.0 Å². The zero-order chi connectivity index (χ0) is 3.58. The van der Waals surface area contributed by atoms with Crippen LogP contribution in [0, 0.1) is 0 Å². The second kappa shape index (κ2) is 8.94. The number of hydrogen-bond donors (Lipinski definition) is 2. The molecule has 0 aromatic heterocycles. The Hall–Kier alpha value is 0.157.